The third kappa shape index (κ3) is 6.62. The zero-order valence-corrected chi connectivity index (χ0v) is 20.2. The Labute approximate surface area is 197 Å². The van der Waals surface area contributed by atoms with Crippen LogP contribution in [0.5, 0.6) is 11.5 Å². The van der Waals surface area contributed by atoms with Gasteiger partial charge in [0.15, 0.2) is 18.1 Å². The minimum Gasteiger partial charge on any atom is -0.490 e. The molecule has 0 aromatic heterocycles. The van der Waals surface area contributed by atoms with E-state index >= 15 is 0 Å². The van der Waals surface area contributed by atoms with Crippen LogP contribution in [0.1, 0.15) is 23.6 Å². The van der Waals surface area contributed by atoms with Crippen molar-refractivity contribution in [3.8, 4) is 11.5 Å². The fourth-order valence-corrected chi connectivity index (χ4v) is 3.97. The highest BCUT2D eigenvalue weighted by molar-refractivity contribution is 14.1. The highest BCUT2D eigenvalue weighted by atomic mass is 127. The minimum absolute atomic E-state index is 0.0924. The van der Waals surface area contributed by atoms with E-state index in [9.17, 15) is 4.79 Å². The van der Waals surface area contributed by atoms with E-state index in [0.717, 1.165) is 26.1 Å². The number of carbonyl (C=O) groups excluding carboxylic acids is 1. The molecular formula is C25H27IN2O3. The molecule has 3 aromatic carbocycles. The van der Waals surface area contributed by atoms with Gasteiger partial charge in [-0.2, -0.15) is 0 Å². The quantitative estimate of drug-likeness (QED) is 0.337. The van der Waals surface area contributed by atoms with Crippen molar-refractivity contribution in [1.29, 1.82) is 0 Å². The summed E-state index contributed by atoms with van der Waals surface area (Å²) in [7, 11) is 0. The summed E-state index contributed by atoms with van der Waals surface area (Å²) >= 11 is 2.22. The van der Waals surface area contributed by atoms with Crippen molar-refractivity contribution in [2.24, 2.45) is 0 Å². The normalized spacial score (nSPS) is 10.5. The van der Waals surface area contributed by atoms with Gasteiger partial charge in [0.05, 0.1) is 10.2 Å². The number of carbonyl (C=O) groups is 1. The van der Waals surface area contributed by atoms with E-state index in [4.69, 9.17) is 9.47 Å². The van der Waals surface area contributed by atoms with Crippen LogP contribution in [0.25, 0.3) is 0 Å². The number of rotatable bonds is 9. The van der Waals surface area contributed by atoms with Crippen molar-refractivity contribution in [1.82, 2.24) is 0 Å². The maximum atomic E-state index is 12.3. The van der Waals surface area contributed by atoms with Crippen LogP contribution in [-0.2, 0) is 11.3 Å². The van der Waals surface area contributed by atoms with E-state index in [2.05, 4.69) is 52.3 Å². The lowest BCUT2D eigenvalue weighted by Crippen LogP contribution is -2.20. The molecule has 0 aliphatic heterocycles. The maximum Gasteiger partial charge on any atom is 0.262 e. The summed E-state index contributed by atoms with van der Waals surface area (Å²) in [5.74, 6) is 1.01. The van der Waals surface area contributed by atoms with Crippen LogP contribution in [0.3, 0.4) is 0 Å². The number of benzene rings is 3. The predicted molar refractivity (Wildman–Crippen MR) is 134 cm³/mol. The van der Waals surface area contributed by atoms with Gasteiger partial charge in [0.25, 0.3) is 5.91 Å². The van der Waals surface area contributed by atoms with Gasteiger partial charge >= 0.3 is 0 Å². The Morgan fingerprint density at radius 2 is 1.81 bits per heavy atom. The van der Waals surface area contributed by atoms with Gasteiger partial charge in [-0.05, 0) is 90.4 Å². The lowest BCUT2D eigenvalue weighted by molar-refractivity contribution is -0.118. The summed E-state index contributed by atoms with van der Waals surface area (Å²) in [6, 6.07) is 19.9. The number of ether oxygens (including phenoxy) is 2. The second kappa shape index (κ2) is 11.0. The van der Waals surface area contributed by atoms with Gasteiger partial charge in [0.2, 0.25) is 0 Å². The topological polar surface area (TPSA) is 59.6 Å². The highest BCUT2D eigenvalue weighted by Gasteiger charge is 2.14. The molecule has 0 atom stereocenters. The van der Waals surface area contributed by atoms with E-state index < -0.39 is 0 Å². The first kappa shape index (κ1) is 22.9. The third-order valence-electron chi connectivity index (χ3n) is 4.65. The first-order chi connectivity index (χ1) is 15.0. The van der Waals surface area contributed by atoms with Crippen molar-refractivity contribution < 1.29 is 14.3 Å². The number of anilines is 2. The lowest BCUT2D eigenvalue weighted by atomic mass is 10.1. The van der Waals surface area contributed by atoms with Crippen LogP contribution in [0.15, 0.2) is 60.7 Å². The molecule has 0 aliphatic rings. The second-order valence-electron chi connectivity index (χ2n) is 7.21. The van der Waals surface area contributed by atoms with Crippen LogP contribution in [0, 0.1) is 17.4 Å². The predicted octanol–water partition coefficient (Wildman–Crippen LogP) is 5.94. The average molecular weight is 530 g/mol. The monoisotopic (exact) mass is 530 g/mol. The molecule has 0 unspecified atom stereocenters. The molecule has 0 saturated heterocycles. The van der Waals surface area contributed by atoms with Crippen molar-refractivity contribution in [2.45, 2.75) is 27.3 Å². The molecule has 5 nitrogen and oxygen atoms in total. The first-order valence-electron chi connectivity index (χ1n) is 10.2. The van der Waals surface area contributed by atoms with Gasteiger partial charge in [0, 0.05) is 17.9 Å². The fraction of sp³-hybridized carbons (Fsp3) is 0.240. The molecule has 0 heterocycles. The van der Waals surface area contributed by atoms with Gasteiger partial charge in [-0.3, -0.25) is 4.79 Å². The molecular weight excluding hydrogens is 503 g/mol. The van der Waals surface area contributed by atoms with Crippen molar-refractivity contribution in [2.75, 3.05) is 23.8 Å². The number of nitrogens with one attached hydrogen (secondary N) is 2. The lowest BCUT2D eigenvalue weighted by Gasteiger charge is -2.16. The molecule has 1 amide bonds. The second-order valence-corrected chi connectivity index (χ2v) is 8.37. The highest BCUT2D eigenvalue weighted by Crippen LogP contribution is 2.34. The third-order valence-corrected chi connectivity index (χ3v) is 5.45. The molecule has 0 saturated carbocycles. The van der Waals surface area contributed by atoms with Gasteiger partial charge in [-0.1, -0.05) is 30.3 Å². The number of halogens is 1. The summed E-state index contributed by atoms with van der Waals surface area (Å²) < 4.78 is 12.6. The summed E-state index contributed by atoms with van der Waals surface area (Å²) in [6.45, 7) is 7.07. The fourth-order valence-electron chi connectivity index (χ4n) is 3.15. The molecule has 162 valence electrons. The Kier molecular flexibility index (Phi) is 8.17. The van der Waals surface area contributed by atoms with Gasteiger partial charge in [-0.25, -0.2) is 0 Å². The summed E-state index contributed by atoms with van der Waals surface area (Å²) in [5, 5.41) is 6.33. The van der Waals surface area contributed by atoms with Crippen LogP contribution in [-0.4, -0.2) is 19.1 Å². The number of aryl methyl sites for hydroxylation is 2. The molecule has 0 radical (unpaired) electrons. The van der Waals surface area contributed by atoms with Crippen LogP contribution in [0.2, 0.25) is 0 Å². The Hall–Kier alpha value is -2.74. The number of hydrogen-bond acceptors (Lipinski definition) is 4. The molecule has 2 N–H and O–H groups in total. The van der Waals surface area contributed by atoms with E-state index in [0.29, 0.717) is 24.7 Å². The van der Waals surface area contributed by atoms with E-state index in [1.54, 1.807) is 0 Å². The maximum absolute atomic E-state index is 12.3. The van der Waals surface area contributed by atoms with Gasteiger partial charge in [0.1, 0.15) is 0 Å². The Bertz CT molecular complexity index is 1050. The molecule has 0 bridgehead atoms. The molecule has 6 heteroatoms. The Balaban J connectivity index is 1.68. The first-order valence-corrected chi connectivity index (χ1v) is 11.3. The largest absolute Gasteiger partial charge is 0.490 e. The molecule has 3 rings (SSSR count). The van der Waals surface area contributed by atoms with E-state index in [1.807, 2.05) is 62.4 Å². The Morgan fingerprint density at radius 3 is 2.55 bits per heavy atom. The summed E-state index contributed by atoms with van der Waals surface area (Å²) in [6.07, 6.45) is 0. The molecule has 0 spiro atoms. The smallest absolute Gasteiger partial charge is 0.262 e. The molecule has 3 aromatic rings. The van der Waals surface area contributed by atoms with Crippen molar-refractivity contribution in [3.05, 3.63) is 80.9 Å². The van der Waals surface area contributed by atoms with Crippen molar-refractivity contribution >= 4 is 39.9 Å². The zero-order chi connectivity index (χ0) is 22.2. The van der Waals surface area contributed by atoms with Crippen molar-refractivity contribution in [3.63, 3.8) is 0 Å². The van der Waals surface area contributed by atoms with Crippen LogP contribution >= 0.6 is 22.6 Å². The van der Waals surface area contributed by atoms with E-state index in [1.165, 1.54) is 5.56 Å². The average Bonchev–Trinajstić information content (AvgIpc) is 2.73. The van der Waals surface area contributed by atoms with E-state index in [-0.39, 0.29) is 12.5 Å². The SMILES string of the molecule is CCOc1cc(CNc2ccccc2C)cc(I)c1OCC(=O)Nc1cccc(C)c1. The molecule has 0 aliphatic carbocycles. The Morgan fingerprint density at radius 1 is 1.00 bits per heavy atom. The summed E-state index contributed by atoms with van der Waals surface area (Å²) in [5.41, 5.74) is 5.21. The molecule has 0 fully saturated rings. The molecule has 31 heavy (non-hydrogen) atoms. The standard InChI is InChI=1S/C25H27IN2O3/c1-4-30-23-14-19(15-27-22-11-6-5-9-18(22)3)13-21(26)25(23)31-16-24(29)28-20-10-7-8-17(2)12-20/h5-14,27H,4,15-16H2,1-3H3,(H,28,29). The zero-order valence-electron chi connectivity index (χ0n) is 18.0. The number of amides is 1. The van der Waals surface area contributed by atoms with Gasteiger partial charge in [-0.15, -0.1) is 0 Å². The van der Waals surface area contributed by atoms with Crippen LogP contribution in [0.4, 0.5) is 11.4 Å². The summed E-state index contributed by atoms with van der Waals surface area (Å²) in [4.78, 5) is 12.3. The number of hydrogen-bond donors (Lipinski definition) is 2. The van der Waals surface area contributed by atoms with Gasteiger partial charge < -0.3 is 20.1 Å². The minimum atomic E-state index is -0.214. The number of para-hydroxylation sites is 1. The van der Waals surface area contributed by atoms with Crippen LogP contribution < -0.4 is 20.1 Å².